The molecule has 0 aliphatic carbocycles. The summed E-state index contributed by atoms with van der Waals surface area (Å²) in [6, 6.07) is 14.2. The van der Waals surface area contributed by atoms with Crippen LogP contribution in [0.15, 0.2) is 54.3 Å². The quantitative estimate of drug-likeness (QED) is 0.515. The van der Waals surface area contributed by atoms with Crippen molar-refractivity contribution in [3.8, 4) is 5.75 Å². The van der Waals surface area contributed by atoms with Gasteiger partial charge in [-0.3, -0.25) is 19.3 Å². The molecule has 32 heavy (non-hydrogen) atoms. The number of hydrogen-bond acceptors (Lipinski definition) is 4. The number of fused-ring (bicyclic) bond motifs is 1. The number of halogens is 1. The Hall–Kier alpha value is -3.32. The minimum atomic E-state index is -0.401. The molecule has 2 aromatic carbocycles. The largest absolute Gasteiger partial charge is 0.449 e. The van der Waals surface area contributed by atoms with Gasteiger partial charge in [0.2, 0.25) is 11.8 Å². The summed E-state index contributed by atoms with van der Waals surface area (Å²) in [7, 11) is 0. The molecular formula is C24H24ClN3O4. The molecule has 0 unspecified atom stereocenters. The number of para-hydroxylation sites is 2. The first-order valence-electron chi connectivity index (χ1n) is 10.6. The highest BCUT2D eigenvalue weighted by Crippen LogP contribution is 2.35. The Labute approximate surface area is 191 Å². The SMILES string of the molecule is O=C(CN1C(=O)/C(=C\c2cccc(Cl)c2)Oc2ccccc21)NCCCN1CCCC1=O. The first-order chi connectivity index (χ1) is 15.5. The van der Waals surface area contributed by atoms with Crippen molar-refractivity contribution in [3.63, 3.8) is 0 Å². The van der Waals surface area contributed by atoms with Gasteiger partial charge >= 0.3 is 0 Å². The molecule has 2 aromatic rings. The maximum Gasteiger partial charge on any atom is 0.294 e. The van der Waals surface area contributed by atoms with Crippen LogP contribution in [0, 0.1) is 0 Å². The lowest BCUT2D eigenvalue weighted by atomic mass is 10.1. The molecule has 1 N–H and O–H groups in total. The van der Waals surface area contributed by atoms with Crippen LogP contribution in [0.4, 0.5) is 5.69 Å². The summed E-state index contributed by atoms with van der Waals surface area (Å²) in [5, 5.41) is 3.39. The molecule has 0 saturated carbocycles. The molecular weight excluding hydrogens is 430 g/mol. The molecule has 166 valence electrons. The fraction of sp³-hybridized carbons (Fsp3) is 0.292. The van der Waals surface area contributed by atoms with E-state index in [1.54, 1.807) is 42.5 Å². The zero-order valence-electron chi connectivity index (χ0n) is 17.6. The number of benzene rings is 2. The number of likely N-dealkylation sites (tertiary alicyclic amines) is 1. The van der Waals surface area contributed by atoms with Crippen LogP contribution in [-0.2, 0) is 14.4 Å². The van der Waals surface area contributed by atoms with Gasteiger partial charge in [-0.1, -0.05) is 35.9 Å². The number of hydrogen-bond donors (Lipinski definition) is 1. The monoisotopic (exact) mass is 453 g/mol. The Bertz CT molecular complexity index is 1070. The molecule has 1 saturated heterocycles. The van der Waals surface area contributed by atoms with Gasteiger partial charge in [0.1, 0.15) is 6.54 Å². The standard InChI is InChI=1S/C24H24ClN3O4/c25-18-7-3-6-17(14-18)15-21-24(31)28(19-8-1-2-9-20(19)32-21)16-22(29)26-11-5-13-27-12-4-10-23(27)30/h1-3,6-9,14-15H,4-5,10-13,16H2,(H,26,29)/b21-15+. The van der Waals surface area contributed by atoms with Crippen LogP contribution in [0.25, 0.3) is 6.08 Å². The van der Waals surface area contributed by atoms with Crippen LogP contribution in [0.1, 0.15) is 24.8 Å². The minimum absolute atomic E-state index is 0.117. The molecule has 0 bridgehead atoms. The molecule has 0 radical (unpaired) electrons. The summed E-state index contributed by atoms with van der Waals surface area (Å²) < 4.78 is 5.82. The van der Waals surface area contributed by atoms with Gasteiger partial charge in [-0.05, 0) is 48.7 Å². The predicted molar refractivity (Wildman–Crippen MR) is 122 cm³/mol. The Morgan fingerprint density at radius 2 is 2.00 bits per heavy atom. The van der Waals surface area contributed by atoms with Crippen LogP contribution < -0.4 is 15.0 Å². The average Bonchev–Trinajstić information content (AvgIpc) is 3.19. The lowest BCUT2D eigenvalue weighted by Gasteiger charge is -2.30. The second kappa shape index (κ2) is 9.87. The van der Waals surface area contributed by atoms with E-state index in [0.717, 1.165) is 18.5 Å². The van der Waals surface area contributed by atoms with Crippen LogP contribution in [0.2, 0.25) is 5.02 Å². The minimum Gasteiger partial charge on any atom is -0.449 e. The number of nitrogens with one attached hydrogen (secondary N) is 1. The summed E-state index contributed by atoms with van der Waals surface area (Å²) in [5.74, 6) is 0.115. The Morgan fingerprint density at radius 3 is 2.78 bits per heavy atom. The molecule has 0 spiro atoms. The molecule has 4 rings (SSSR count). The summed E-state index contributed by atoms with van der Waals surface area (Å²) >= 11 is 6.05. The maximum absolute atomic E-state index is 13.1. The Kier molecular flexibility index (Phi) is 6.75. The van der Waals surface area contributed by atoms with Crippen LogP contribution in [0.5, 0.6) is 5.75 Å². The number of amides is 3. The van der Waals surface area contributed by atoms with Gasteiger partial charge in [-0.2, -0.15) is 0 Å². The zero-order chi connectivity index (χ0) is 22.5. The van der Waals surface area contributed by atoms with Gasteiger partial charge in [0.25, 0.3) is 5.91 Å². The summed E-state index contributed by atoms with van der Waals surface area (Å²) in [6.45, 7) is 1.72. The lowest BCUT2D eigenvalue weighted by Crippen LogP contribution is -2.44. The number of anilines is 1. The highest BCUT2D eigenvalue weighted by Gasteiger charge is 2.31. The van der Waals surface area contributed by atoms with Gasteiger partial charge < -0.3 is 15.0 Å². The fourth-order valence-electron chi connectivity index (χ4n) is 3.80. The van der Waals surface area contributed by atoms with Gasteiger partial charge in [0.15, 0.2) is 11.5 Å². The third kappa shape index (κ3) is 5.11. The fourth-order valence-corrected chi connectivity index (χ4v) is 4.00. The first kappa shape index (κ1) is 21.9. The van der Waals surface area contributed by atoms with Crippen molar-refractivity contribution in [2.75, 3.05) is 31.1 Å². The van der Waals surface area contributed by atoms with Gasteiger partial charge in [0.05, 0.1) is 5.69 Å². The van der Waals surface area contributed by atoms with Crippen molar-refractivity contribution in [1.82, 2.24) is 10.2 Å². The number of carbonyl (C=O) groups is 3. The Morgan fingerprint density at radius 1 is 1.16 bits per heavy atom. The molecule has 3 amide bonds. The van der Waals surface area contributed by atoms with Crippen molar-refractivity contribution in [3.05, 3.63) is 64.9 Å². The number of ether oxygens (including phenoxy) is 1. The predicted octanol–water partition coefficient (Wildman–Crippen LogP) is 3.24. The van der Waals surface area contributed by atoms with E-state index in [1.165, 1.54) is 4.90 Å². The molecule has 2 aliphatic heterocycles. The average molecular weight is 454 g/mol. The number of nitrogens with zero attached hydrogens (tertiary/aromatic N) is 2. The van der Waals surface area contributed by atoms with Crippen molar-refractivity contribution in [2.45, 2.75) is 19.3 Å². The van der Waals surface area contributed by atoms with Gasteiger partial charge in [-0.15, -0.1) is 0 Å². The normalized spacial score (nSPS) is 16.8. The highest BCUT2D eigenvalue weighted by atomic mass is 35.5. The first-order valence-corrected chi connectivity index (χ1v) is 11.0. The molecule has 0 aromatic heterocycles. The third-order valence-corrected chi connectivity index (χ3v) is 5.61. The molecule has 8 heteroatoms. The van der Waals surface area contributed by atoms with E-state index >= 15 is 0 Å². The second-order valence-corrected chi connectivity index (χ2v) is 8.15. The lowest BCUT2D eigenvalue weighted by molar-refractivity contribution is -0.127. The Balaban J connectivity index is 1.42. The van der Waals surface area contributed by atoms with Crippen molar-refractivity contribution in [1.29, 1.82) is 0 Å². The van der Waals surface area contributed by atoms with Crippen LogP contribution >= 0.6 is 11.6 Å². The summed E-state index contributed by atoms with van der Waals surface area (Å²) in [6.07, 6.45) is 3.79. The highest BCUT2D eigenvalue weighted by molar-refractivity contribution is 6.30. The number of carbonyl (C=O) groups excluding carboxylic acids is 3. The van der Waals surface area contributed by atoms with Crippen molar-refractivity contribution < 1.29 is 19.1 Å². The van der Waals surface area contributed by atoms with E-state index in [-0.39, 0.29) is 24.1 Å². The van der Waals surface area contributed by atoms with Gasteiger partial charge in [0, 0.05) is 31.1 Å². The third-order valence-electron chi connectivity index (χ3n) is 5.38. The van der Waals surface area contributed by atoms with E-state index in [2.05, 4.69) is 5.32 Å². The van der Waals surface area contributed by atoms with E-state index < -0.39 is 5.91 Å². The second-order valence-electron chi connectivity index (χ2n) is 7.71. The smallest absolute Gasteiger partial charge is 0.294 e. The zero-order valence-corrected chi connectivity index (χ0v) is 18.3. The summed E-state index contributed by atoms with van der Waals surface area (Å²) in [4.78, 5) is 40.6. The van der Waals surface area contributed by atoms with E-state index in [0.29, 0.717) is 42.4 Å². The number of rotatable bonds is 7. The van der Waals surface area contributed by atoms with Crippen molar-refractivity contribution >= 4 is 41.1 Å². The molecule has 0 atom stereocenters. The van der Waals surface area contributed by atoms with Crippen LogP contribution in [0.3, 0.4) is 0 Å². The molecule has 7 nitrogen and oxygen atoms in total. The van der Waals surface area contributed by atoms with E-state index in [4.69, 9.17) is 16.3 Å². The van der Waals surface area contributed by atoms with E-state index in [9.17, 15) is 14.4 Å². The molecule has 1 fully saturated rings. The van der Waals surface area contributed by atoms with Gasteiger partial charge in [-0.25, -0.2) is 0 Å². The van der Waals surface area contributed by atoms with Crippen LogP contribution in [-0.4, -0.2) is 48.8 Å². The van der Waals surface area contributed by atoms with E-state index in [1.807, 2.05) is 17.0 Å². The topological polar surface area (TPSA) is 79.0 Å². The summed E-state index contributed by atoms with van der Waals surface area (Å²) in [5.41, 5.74) is 1.26. The molecule has 2 heterocycles. The molecule has 2 aliphatic rings. The van der Waals surface area contributed by atoms with Crippen molar-refractivity contribution in [2.24, 2.45) is 0 Å². The maximum atomic E-state index is 13.1.